The Labute approximate surface area is 107 Å². The molecule has 2 fully saturated rings. The van der Waals surface area contributed by atoms with Crippen LogP contribution in [0.25, 0.3) is 0 Å². The predicted molar refractivity (Wildman–Crippen MR) is 66.5 cm³/mol. The lowest BCUT2D eigenvalue weighted by molar-refractivity contribution is 0.00755. The summed E-state index contributed by atoms with van der Waals surface area (Å²) in [5, 5.41) is 7.35. The highest BCUT2D eigenvalue weighted by molar-refractivity contribution is 5.27. The highest BCUT2D eigenvalue weighted by Crippen LogP contribution is 2.21. The number of ether oxygens (including phenoxy) is 1. The van der Waals surface area contributed by atoms with Gasteiger partial charge < -0.3 is 19.5 Å². The van der Waals surface area contributed by atoms with E-state index in [9.17, 15) is 0 Å². The molecule has 0 aromatic carbocycles. The van der Waals surface area contributed by atoms with Gasteiger partial charge in [0.2, 0.25) is 0 Å². The molecule has 0 bridgehead atoms. The van der Waals surface area contributed by atoms with Crippen LogP contribution >= 0.6 is 0 Å². The smallest absolute Gasteiger partial charge is 0.266 e. The van der Waals surface area contributed by atoms with Crippen molar-refractivity contribution in [3.63, 3.8) is 0 Å². The van der Waals surface area contributed by atoms with Crippen LogP contribution in [0.1, 0.15) is 37.7 Å². The first kappa shape index (κ1) is 11.9. The van der Waals surface area contributed by atoms with E-state index in [1.165, 1.54) is 25.7 Å². The number of hydrogen-bond acceptors (Lipinski definition) is 6. The lowest BCUT2D eigenvalue weighted by Gasteiger charge is -2.20. The van der Waals surface area contributed by atoms with Gasteiger partial charge in [-0.2, -0.15) is 4.98 Å². The van der Waals surface area contributed by atoms with Gasteiger partial charge in [0.05, 0.1) is 6.61 Å². The molecule has 3 rings (SSSR count). The summed E-state index contributed by atoms with van der Waals surface area (Å²) in [4.78, 5) is 6.70. The van der Waals surface area contributed by atoms with Gasteiger partial charge in [-0.05, 0) is 18.0 Å². The van der Waals surface area contributed by atoms with Crippen LogP contribution in [0.4, 0.5) is 5.95 Å². The number of rotatable bonds is 2. The quantitative estimate of drug-likeness (QED) is 0.850. The standard InChI is InChI=1S/C12H20N4O2/c1-2-4-7-16(6-3-1)12-14-11(18-15-12)10-9-13-5-8-17-10/h10,13H,1-9H2. The Bertz CT molecular complexity index is 368. The van der Waals surface area contributed by atoms with Crippen molar-refractivity contribution in [3.05, 3.63) is 5.89 Å². The second-order valence-electron chi connectivity index (χ2n) is 4.90. The molecule has 1 unspecified atom stereocenters. The van der Waals surface area contributed by atoms with Gasteiger partial charge in [0.25, 0.3) is 11.8 Å². The van der Waals surface area contributed by atoms with Crippen LogP contribution in [-0.4, -0.2) is 42.9 Å². The molecular formula is C12H20N4O2. The predicted octanol–water partition coefficient (Wildman–Crippen LogP) is 1.11. The fourth-order valence-electron chi connectivity index (χ4n) is 2.48. The molecule has 1 aromatic rings. The summed E-state index contributed by atoms with van der Waals surface area (Å²) in [6.45, 7) is 4.41. The molecule has 2 aliphatic heterocycles. The maximum Gasteiger partial charge on any atom is 0.266 e. The molecular weight excluding hydrogens is 232 g/mol. The Kier molecular flexibility index (Phi) is 3.75. The summed E-state index contributed by atoms with van der Waals surface area (Å²) in [7, 11) is 0. The third-order valence-electron chi connectivity index (χ3n) is 3.52. The lowest BCUT2D eigenvalue weighted by Crippen LogP contribution is -2.33. The van der Waals surface area contributed by atoms with Crippen LogP contribution < -0.4 is 10.2 Å². The fourth-order valence-corrected chi connectivity index (χ4v) is 2.48. The van der Waals surface area contributed by atoms with Crippen LogP contribution in [0.3, 0.4) is 0 Å². The van der Waals surface area contributed by atoms with Crippen LogP contribution in [-0.2, 0) is 4.74 Å². The molecule has 6 nitrogen and oxygen atoms in total. The third-order valence-corrected chi connectivity index (χ3v) is 3.52. The summed E-state index contributed by atoms with van der Waals surface area (Å²) >= 11 is 0. The highest BCUT2D eigenvalue weighted by atomic mass is 16.5. The third kappa shape index (κ3) is 2.64. The molecule has 1 atom stereocenters. The van der Waals surface area contributed by atoms with Crippen molar-refractivity contribution >= 4 is 5.95 Å². The molecule has 1 N–H and O–H groups in total. The minimum Gasteiger partial charge on any atom is -0.366 e. The molecule has 0 radical (unpaired) electrons. The molecule has 2 saturated heterocycles. The van der Waals surface area contributed by atoms with Crippen molar-refractivity contribution in [2.24, 2.45) is 0 Å². The van der Waals surface area contributed by atoms with E-state index >= 15 is 0 Å². The first-order valence-electron chi connectivity index (χ1n) is 6.84. The Morgan fingerprint density at radius 1 is 1.17 bits per heavy atom. The zero-order valence-electron chi connectivity index (χ0n) is 10.6. The Balaban J connectivity index is 1.67. The van der Waals surface area contributed by atoms with Crippen molar-refractivity contribution in [1.29, 1.82) is 0 Å². The molecule has 0 spiro atoms. The maximum absolute atomic E-state index is 5.61. The summed E-state index contributed by atoms with van der Waals surface area (Å²) in [5.74, 6) is 1.32. The van der Waals surface area contributed by atoms with E-state index in [1.54, 1.807) is 0 Å². The Morgan fingerprint density at radius 2 is 2.00 bits per heavy atom. The van der Waals surface area contributed by atoms with Gasteiger partial charge >= 0.3 is 0 Å². The number of hydrogen-bond donors (Lipinski definition) is 1. The van der Waals surface area contributed by atoms with Gasteiger partial charge in [-0.1, -0.05) is 12.8 Å². The average Bonchev–Trinajstić information content (AvgIpc) is 2.76. The fraction of sp³-hybridized carbons (Fsp3) is 0.833. The molecule has 0 amide bonds. The second-order valence-corrected chi connectivity index (χ2v) is 4.90. The first-order valence-corrected chi connectivity index (χ1v) is 6.84. The van der Waals surface area contributed by atoms with Crippen LogP contribution in [0.15, 0.2) is 4.52 Å². The summed E-state index contributed by atoms with van der Waals surface area (Å²) in [5.41, 5.74) is 0. The van der Waals surface area contributed by atoms with E-state index in [-0.39, 0.29) is 6.10 Å². The normalized spacial score (nSPS) is 26.0. The monoisotopic (exact) mass is 252 g/mol. The van der Waals surface area contributed by atoms with Crippen LogP contribution in [0, 0.1) is 0 Å². The van der Waals surface area contributed by atoms with Crippen molar-refractivity contribution in [2.45, 2.75) is 31.8 Å². The largest absolute Gasteiger partial charge is 0.366 e. The van der Waals surface area contributed by atoms with E-state index in [0.29, 0.717) is 12.5 Å². The van der Waals surface area contributed by atoms with Gasteiger partial charge in [-0.3, -0.25) is 0 Å². The Morgan fingerprint density at radius 3 is 2.72 bits per heavy atom. The van der Waals surface area contributed by atoms with E-state index in [1.807, 2.05) is 0 Å². The second kappa shape index (κ2) is 5.67. The number of aromatic nitrogens is 2. The lowest BCUT2D eigenvalue weighted by atomic mass is 10.2. The van der Waals surface area contributed by atoms with E-state index in [4.69, 9.17) is 9.26 Å². The van der Waals surface area contributed by atoms with Gasteiger partial charge in [0, 0.05) is 26.2 Å². The summed E-state index contributed by atoms with van der Waals surface area (Å²) < 4.78 is 10.9. The average molecular weight is 252 g/mol. The summed E-state index contributed by atoms with van der Waals surface area (Å²) in [6.07, 6.45) is 4.94. The minimum atomic E-state index is -0.0908. The van der Waals surface area contributed by atoms with Crippen molar-refractivity contribution in [3.8, 4) is 0 Å². The van der Waals surface area contributed by atoms with E-state index < -0.39 is 0 Å². The summed E-state index contributed by atoms with van der Waals surface area (Å²) in [6, 6.07) is 0. The molecule has 0 aliphatic carbocycles. The van der Waals surface area contributed by atoms with Gasteiger partial charge in [-0.25, -0.2) is 0 Å². The zero-order valence-corrected chi connectivity index (χ0v) is 10.6. The van der Waals surface area contributed by atoms with E-state index in [2.05, 4.69) is 20.4 Å². The maximum atomic E-state index is 5.61. The zero-order chi connectivity index (χ0) is 12.2. The van der Waals surface area contributed by atoms with Crippen molar-refractivity contribution < 1.29 is 9.26 Å². The van der Waals surface area contributed by atoms with E-state index in [0.717, 1.165) is 32.1 Å². The molecule has 0 saturated carbocycles. The molecule has 1 aromatic heterocycles. The Hall–Kier alpha value is -1.14. The SMILES string of the molecule is C1CCCN(c2noc(C3CNCCO3)n2)CC1. The highest BCUT2D eigenvalue weighted by Gasteiger charge is 2.24. The van der Waals surface area contributed by atoms with Gasteiger partial charge in [-0.15, -0.1) is 0 Å². The van der Waals surface area contributed by atoms with Gasteiger partial charge in [0.15, 0.2) is 0 Å². The molecule has 3 heterocycles. The first-order chi connectivity index (χ1) is 8.93. The topological polar surface area (TPSA) is 63.4 Å². The number of morpholine rings is 1. The minimum absolute atomic E-state index is 0.0908. The number of nitrogens with one attached hydrogen (secondary N) is 1. The molecule has 100 valence electrons. The molecule has 6 heteroatoms. The molecule has 18 heavy (non-hydrogen) atoms. The van der Waals surface area contributed by atoms with Crippen LogP contribution in [0.5, 0.6) is 0 Å². The number of nitrogens with zero attached hydrogens (tertiary/aromatic N) is 3. The molecule has 2 aliphatic rings. The van der Waals surface area contributed by atoms with Gasteiger partial charge in [0.1, 0.15) is 6.10 Å². The van der Waals surface area contributed by atoms with Crippen molar-refractivity contribution in [2.75, 3.05) is 37.7 Å². The van der Waals surface area contributed by atoms with Crippen LogP contribution in [0.2, 0.25) is 0 Å². The number of anilines is 1. The van der Waals surface area contributed by atoms with Crippen molar-refractivity contribution in [1.82, 2.24) is 15.5 Å².